The summed E-state index contributed by atoms with van der Waals surface area (Å²) in [6.45, 7) is 1.82. The Morgan fingerprint density at radius 1 is 1.12 bits per heavy atom. The molecule has 3 aromatic heterocycles. The van der Waals surface area contributed by atoms with Gasteiger partial charge in [-0.2, -0.15) is 0 Å². The van der Waals surface area contributed by atoms with E-state index in [-0.39, 0.29) is 11.2 Å². The number of amides is 1. The molecular formula is C19H12N2O4S. The first kappa shape index (κ1) is 15.1. The molecular weight excluding hydrogens is 352 g/mol. The van der Waals surface area contributed by atoms with Crippen molar-refractivity contribution in [1.29, 1.82) is 0 Å². The molecule has 0 spiro atoms. The molecule has 0 fully saturated rings. The van der Waals surface area contributed by atoms with E-state index < -0.39 is 11.9 Å². The lowest BCUT2D eigenvalue weighted by molar-refractivity contribution is 0.0969. The van der Waals surface area contributed by atoms with Gasteiger partial charge in [-0.1, -0.05) is 12.1 Å². The Labute approximate surface area is 151 Å². The largest absolute Gasteiger partial charge is 0.464 e. The number of aryl methyl sites for hydroxylation is 1. The number of carbonyl (C=O) groups is 1. The molecule has 1 aromatic carbocycles. The Balaban J connectivity index is 1.85. The Hall–Kier alpha value is -3.19. The van der Waals surface area contributed by atoms with Gasteiger partial charge in [-0.25, -0.2) is 4.98 Å². The second kappa shape index (κ2) is 5.40. The Bertz CT molecular complexity index is 1210. The monoisotopic (exact) mass is 364 g/mol. The van der Waals surface area contributed by atoms with Gasteiger partial charge in [0.1, 0.15) is 23.1 Å². The van der Waals surface area contributed by atoms with Gasteiger partial charge in [-0.3, -0.25) is 14.5 Å². The number of fused-ring (bicyclic) bond motifs is 2. The normalized spacial score (nSPS) is 16.4. The Morgan fingerprint density at radius 2 is 1.96 bits per heavy atom. The molecule has 0 saturated carbocycles. The molecule has 0 N–H and O–H groups in total. The summed E-state index contributed by atoms with van der Waals surface area (Å²) < 4.78 is 11.6. The van der Waals surface area contributed by atoms with Crippen LogP contribution in [0.4, 0.5) is 5.13 Å². The number of furan rings is 1. The van der Waals surface area contributed by atoms with Crippen molar-refractivity contribution < 1.29 is 13.6 Å². The molecule has 128 valence electrons. The second-order valence-electron chi connectivity index (χ2n) is 6.01. The van der Waals surface area contributed by atoms with E-state index in [2.05, 4.69) is 4.98 Å². The van der Waals surface area contributed by atoms with Crippen LogP contribution in [0.25, 0.3) is 11.0 Å². The SMILES string of the molecule is Cc1ccc([C@@H]2c3c(oc4ccccc4c3=O)C(=O)N2c2nccs2)o1. The van der Waals surface area contributed by atoms with Crippen molar-refractivity contribution in [3.05, 3.63) is 81.0 Å². The molecule has 0 bridgehead atoms. The predicted molar refractivity (Wildman–Crippen MR) is 96.7 cm³/mol. The van der Waals surface area contributed by atoms with Gasteiger partial charge in [0.25, 0.3) is 5.91 Å². The third kappa shape index (κ3) is 2.01. The summed E-state index contributed by atoms with van der Waals surface area (Å²) in [4.78, 5) is 32.0. The summed E-state index contributed by atoms with van der Waals surface area (Å²) in [6.07, 6.45) is 1.62. The number of nitrogens with zero attached hydrogens (tertiary/aromatic N) is 2. The second-order valence-corrected chi connectivity index (χ2v) is 6.88. The number of hydrogen-bond donors (Lipinski definition) is 0. The van der Waals surface area contributed by atoms with Crippen molar-refractivity contribution in [1.82, 2.24) is 4.98 Å². The van der Waals surface area contributed by atoms with Gasteiger partial charge in [-0.15, -0.1) is 11.3 Å². The zero-order chi connectivity index (χ0) is 17.8. The van der Waals surface area contributed by atoms with Crippen LogP contribution < -0.4 is 10.3 Å². The van der Waals surface area contributed by atoms with Crippen LogP contribution in [-0.2, 0) is 0 Å². The minimum Gasteiger partial charge on any atom is -0.464 e. The van der Waals surface area contributed by atoms with E-state index in [1.165, 1.54) is 16.2 Å². The topological polar surface area (TPSA) is 76.6 Å². The summed E-state index contributed by atoms with van der Waals surface area (Å²) >= 11 is 1.32. The number of rotatable bonds is 2. The highest BCUT2D eigenvalue weighted by atomic mass is 32.1. The molecule has 7 heteroatoms. The van der Waals surface area contributed by atoms with E-state index in [0.717, 1.165) is 0 Å². The average Bonchev–Trinajstić information content (AvgIpc) is 3.36. The van der Waals surface area contributed by atoms with Crippen molar-refractivity contribution in [2.45, 2.75) is 13.0 Å². The van der Waals surface area contributed by atoms with Crippen LogP contribution in [0.5, 0.6) is 0 Å². The van der Waals surface area contributed by atoms with Crippen LogP contribution in [-0.4, -0.2) is 10.9 Å². The standard InChI is InChI=1S/C19H12N2O4S/c1-10-6-7-13(24-10)15-14-16(22)11-4-2-3-5-12(11)25-17(14)18(23)21(15)19-20-8-9-26-19/h2-9,15H,1H3/t15-/m1/s1. The molecule has 0 saturated heterocycles. The lowest BCUT2D eigenvalue weighted by atomic mass is 10.0. The highest BCUT2D eigenvalue weighted by molar-refractivity contribution is 7.13. The van der Waals surface area contributed by atoms with Crippen molar-refractivity contribution in [3.63, 3.8) is 0 Å². The van der Waals surface area contributed by atoms with Crippen molar-refractivity contribution in [3.8, 4) is 0 Å². The minimum absolute atomic E-state index is 0.0444. The quantitative estimate of drug-likeness (QED) is 0.539. The number of carbonyl (C=O) groups excluding carboxylic acids is 1. The smallest absolute Gasteiger partial charge is 0.297 e. The molecule has 4 aromatic rings. The number of para-hydroxylation sites is 1. The third-order valence-electron chi connectivity index (χ3n) is 4.43. The van der Waals surface area contributed by atoms with E-state index >= 15 is 0 Å². The van der Waals surface area contributed by atoms with Crippen LogP contribution in [0, 0.1) is 6.92 Å². The van der Waals surface area contributed by atoms with E-state index in [4.69, 9.17) is 8.83 Å². The molecule has 1 aliphatic rings. The molecule has 5 rings (SSSR count). The summed E-state index contributed by atoms with van der Waals surface area (Å²) in [6, 6.07) is 9.80. The van der Waals surface area contributed by atoms with Gasteiger partial charge in [-0.05, 0) is 31.2 Å². The maximum Gasteiger partial charge on any atom is 0.297 e. The maximum absolute atomic E-state index is 13.2. The summed E-state index contributed by atoms with van der Waals surface area (Å²) in [5, 5.41) is 2.71. The van der Waals surface area contributed by atoms with Gasteiger partial charge in [0, 0.05) is 11.6 Å². The zero-order valence-corrected chi connectivity index (χ0v) is 14.4. The fourth-order valence-corrected chi connectivity index (χ4v) is 3.99. The number of anilines is 1. The zero-order valence-electron chi connectivity index (χ0n) is 13.6. The first-order valence-electron chi connectivity index (χ1n) is 8.00. The highest BCUT2D eigenvalue weighted by Gasteiger charge is 2.46. The molecule has 26 heavy (non-hydrogen) atoms. The summed E-state index contributed by atoms with van der Waals surface area (Å²) in [7, 11) is 0. The van der Waals surface area contributed by atoms with Crippen LogP contribution in [0.1, 0.15) is 33.7 Å². The molecule has 1 atom stereocenters. The molecule has 0 unspecified atom stereocenters. The van der Waals surface area contributed by atoms with Gasteiger partial charge in [0.15, 0.2) is 10.6 Å². The average molecular weight is 364 g/mol. The predicted octanol–water partition coefficient (Wildman–Crippen LogP) is 3.90. The van der Waals surface area contributed by atoms with Gasteiger partial charge >= 0.3 is 0 Å². The Kier molecular flexibility index (Phi) is 3.14. The number of benzene rings is 1. The first-order chi connectivity index (χ1) is 12.6. The van der Waals surface area contributed by atoms with Crippen LogP contribution in [0.15, 0.2) is 61.6 Å². The minimum atomic E-state index is -0.696. The van der Waals surface area contributed by atoms with Gasteiger partial charge in [0.2, 0.25) is 5.76 Å². The molecule has 0 aliphatic carbocycles. The van der Waals surface area contributed by atoms with Crippen LogP contribution in [0.3, 0.4) is 0 Å². The fourth-order valence-electron chi connectivity index (χ4n) is 3.32. The fraction of sp³-hybridized carbons (Fsp3) is 0.105. The number of hydrogen-bond acceptors (Lipinski definition) is 6. The number of thiazole rings is 1. The molecule has 0 radical (unpaired) electrons. The van der Waals surface area contributed by atoms with Crippen molar-refractivity contribution in [2.24, 2.45) is 0 Å². The molecule has 6 nitrogen and oxygen atoms in total. The third-order valence-corrected chi connectivity index (χ3v) is 5.20. The summed E-state index contributed by atoms with van der Waals surface area (Å²) in [5.41, 5.74) is 0.450. The van der Waals surface area contributed by atoms with Crippen LogP contribution in [0.2, 0.25) is 0 Å². The van der Waals surface area contributed by atoms with E-state index in [1.54, 1.807) is 48.0 Å². The lowest BCUT2D eigenvalue weighted by Crippen LogP contribution is -2.29. The highest BCUT2D eigenvalue weighted by Crippen LogP contribution is 2.42. The maximum atomic E-state index is 13.2. The molecule has 1 aliphatic heterocycles. The number of aromatic nitrogens is 1. The molecule has 4 heterocycles. The lowest BCUT2D eigenvalue weighted by Gasteiger charge is -2.20. The van der Waals surface area contributed by atoms with Crippen LogP contribution >= 0.6 is 11.3 Å². The van der Waals surface area contributed by atoms with Crippen molar-refractivity contribution in [2.75, 3.05) is 4.90 Å². The van der Waals surface area contributed by atoms with E-state index in [9.17, 15) is 9.59 Å². The van der Waals surface area contributed by atoms with Crippen molar-refractivity contribution >= 4 is 33.3 Å². The van der Waals surface area contributed by atoms with Gasteiger partial charge < -0.3 is 8.83 Å². The first-order valence-corrected chi connectivity index (χ1v) is 8.88. The van der Waals surface area contributed by atoms with E-state index in [0.29, 0.717) is 33.2 Å². The summed E-state index contributed by atoms with van der Waals surface area (Å²) in [5.74, 6) is 0.859. The molecule has 1 amide bonds. The van der Waals surface area contributed by atoms with Gasteiger partial charge in [0.05, 0.1) is 10.9 Å². The Morgan fingerprint density at radius 3 is 2.69 bits per heavy atom. The van der Waals surface area contributed by atoms with E-state index in [1.807, 2.05) is 6.92 Å².